The Bertz CT molecular complexity index is 3990. The predicted octanol–water partition coefficient (Wildman–Crippen LogP) is 16.5. The maximum Gasteiger partial charge on any atom is 0.164 e. The Morgan fingerprint density at radius 3 is 1.57 bits per heavy atom. The predicted molar refractivity (Wildman–Crippen MR) is 280 cm³/mol. The minimum absolute atomic E-state index is 0.614. The minimum Gasteiger partial charge on any atom is -0.208 e. The van der Waals surface area contributed by atoms with Gasteiger partial charge in [0.2, 0.25) is 0 Å². The summed E-state index contributed by atoms with van der Waals surface area (Å²) >= 11 is 0. The van der Waals surface area contributed by atoms with Gasteiger partial charge >= 0.3 is 0 Å². The van der Waals surface area contributed by atoms with E-state index in [1.54, 1.807) is 0 Å². The smallest absolute Gasteiger partial charge is 0.164 e. The molecule has 1 aliphatic rings. The average Bonchev–Trinajstić information content (AvgIpc) is 3.75. The zero-order valence-electron chi connectivity index (χ0n) is 36.7. The zero-order chi connectivity index (χ0) is 45.1. The van der Waals surface area contributed by atoms with Crippen LogP contribution in [-0.4, -0.2) is 15.0 Å². The van der Waals surface area contributed by atoms with Crippen LogP contribution in [-0.2, 0) is 0 Å². The highest BCUT2D eigenvalue weighted by Crippen LogP contribution is 2.49. The second-order valence-electron chi connectivity index (χ2n) is 17.4. The van der Waals surface area contributed by atoms with Crippen LogP contribution in [0.25, 0.3) is 133 Å². The summed E-state index contributed by atoms with van der Waals surface area (Å²) in [4.78, 5) is 15.4. The molecule has 4 nitrogen and oxygen atoms in total. The van der Waals surface area contributed by atoms with E-state index < -0.39 is 0 Å². The van der Waals surface area contributed by atoms with Crippen molar-refractivity contribution in [2.24, 2.45) is 0 Å². The number of rotatable bonds is 7. The molecule has 0 atom stereocenters. The van der Waals surface area contributed by atoms with Crippen molar-refractivity contribution in [1.82, 2.24) is 15.0 Å². The SMILES string of the molecule is N#Cc1ccc(-c2cccc(-c3ccc(-c4nc(-c5ccccc5)nc(-c5ccc6c7c(cccc57)-c5ccccc5-6)n4)cc3)c2)c(-c2ccc(-c3cccc4c3ccc3ccccc34)cc2)c1. The highest BCUT2D eigenvalue weighted by atomic mass is 15.0. The van der Waals surface area contributed by atoms with Crippen LogP contribution in [0.5, 0.6) is 0 Å². The van der Waals surface area contributed by atoms with E-state index in [1.807, 2.05) is 42.5 Å². The molecule has 0 N–H and O–H groups in total. The largest absolute Gasteiger partial charge is 0.208 e. The third kappa shape index (κ3) is 6.56. The zero-order valence-corrected chi connectivity index (χ0v) is 36.7. The second kappa shape index (κ2) is 16.0. The second-order valence-corrected chi connectivity index (χ2v) is 17.4. The molecule has 0 unspecified atom stereocenters. The number of fused-ring (bicyclic) bond motifs is 6. The number of nitriles is 1. The fraction of sp³-hybridized carbons (Fsp3) is 0. The van der Waals surface area contributed by atoms with Crippen LogP contribution in [0.15, 0.2) is 231 Å². The molecule has 0 amide bonds. The molecule has 11 aromatic carbocycles. The first kappa shape index (κ1) is 39.1. The van der Waals surface area contributed by atoms with Gasteiger partial charge in [-0.15, -0.1) is 0 Å². The summed E-state index contributed by atoms with van der Waals surface area (Å²) in [5.41, 5.74) is 17.1. The van der Waals surface area contributed by atoms with E-state index in [0.29, 0.717) is 23.0 Å². The number of nitrogens with zero attached hydrogens (tertiary/aromatic N) is 4. The normalized spacial score (nSPS) is 11.5. The van der Waals surface area contributed by atoms with E-state index >= 15 is 0 Å². The Labute approximate surface area is 393 Å². The Hall–Kier alpha value is -9.30. The Kier molecular flexibility index (Phi) is 9.20. The molecule has 0 aliphatic heterocycles. The topological polar surface area (TPSA) is 62.5 Å². The van der Waals surface area contributed by atoms with Crippen molar-refractivity contribution < 1.29 is 0 Å². The van der Waals surface area contributed by atoms with E-state index in [1.165, 1.54) is 54.7 Å². The van der Waals surface area contributed by atoms with Crippen molar-refractivity contribution in [3.63, 3.8) is 0 Å². The molecular weight excluding hydrogens is 825 g/mol. The van der Waals surface area contributed by atoms with E-state index in [4.69, 9.17) is 15.0 Å². The van der Waals surface area contributed by atoms with Gasteiger partial charge in [-0.05, 0) is 123 Å². The van der Waals surface area contributed by atoms with Gasteiger partial charge in [-0.2, -0.15) is 5.26 Å². The van der Waals surface area contributed by atoms with Crippen molar-refractivity contribution in [2.45, 2.75) is 0 Å². The molecule has 12 aromatic rings. The van der Waals surface area contributed by atoms with Crippen LogP contribution in [0.2, 0.25) is 0 Å². The lowest BCUT2D eigenvalue weighted by atomic mass is 9.90. The first-order chi connectivity index (χ1) is 33.6. The monoisotopic (exact) mass is 862 g/mol. The van der Waals surface area contributed by atoms with Gasteiger partial charge in [-0.25, -0.2) is 15.0 Å². The van der Waals surface area contributed by atoms with Crippen molar-refractivity contribution in [3.8, 4) is 107 Å². The molecule has 0 fully saturated rings. The minimum atomic E-state index is 0.614. The molecule has 4 heteroatoms. The van der Waals surface area contributed by atoms with Crippen LogP contribution >= 0.6 is 0 Å². The fourth-order valence-electron chi connectivity index (χ4n) is 10.2. The van der Waals surface area contributed by atoms with Gasteiger partial charge in [0.25, 0.3) is 0 Å². The van der Waals surface area contributed by atoms with Gasteiger partial charge in [0.1, 0.15) is 0 Å². The van der Waals surface area contributed by atoms with Crippen LogP contribution in [0.4, 0.5) is 0 Å². The molecular formula is C64H38N4. The highest BCUT2D eigenvalue weighted by Gasteiger charge is 2.24. The number of benzene rings is 11. The van der Waals surface area contributed by atoms with Crippen LogP contribution in [0, 0.1) is 11.3 Å². The lowest BCUT2D eigenvalue weighted by Gasteiger charge is -2.14. The van der Waals surface area contributed by atoms with Crippen LogP contribution in [0.3, 0.4) is 0 Å². The van der Waals surface area contributed by atoms with Crippen molar-refractivity contribution >= 4 is 32.3 Å². The van der Waals surface area contributed by atoms with Gasteiger partial charge < -0.3 is 0 Å². The summed E-state index contributed by atoms with van der Waals surface area (Å²) in [7, 11) is 0. The maximum atomic E-state index is 10.0. The molecule has 68 heavy (non-hydrogen) atoms. The van der Waals surface area contributed by atoms with Crippen LogP contribution in [0.1, 0.15) is 5.56 Å². The molecule has 0 saturated heterocycles. The number of hydrogen-bond acceptors (Lipinski definition) is 4. The summed E-state index contributed by atoms with van der Waals surface area (Å²) in [5.74, 6) is 1.88. The Morgan fingerprint density at radius 1 is 0.265 bits per heavy atom. The molecule has 1 heterocycles. The summed E-state index contributed by atoms with van der Waals surface area (Å²) < 4.78 is 0. The molecule has 0 saturated carbocycles. The molecule has 1 aromatic heterocycles. The number of hydrogen-bond donors (Lipinski definition) is 0. The van der Waals surface area contributed by atoms with Gasteiger partial charge in [0.15, 0.2) is 17.5 Å². The summed E-state index contributed by atoms with van der Waals surface area (Å²) in [6.07, 6.45) is 0. The summed E-state index contributed by atoms with van der Waals surface area (Å²) in [5, 5.41) is 17.3. The van der Waals surface area contributed by atoms with Gasteiger partial charge in [0, 0.05) is 16.7 Å². The van der Waals surface area contributed by atoms with E-state index in [2.05, 4.69) is 194 Å². The molecule has 1 aliphatic carbocycles. The van der Waals surface area contributed by atoms with Gasteiger partial charge in [0.05, 0.1) is 11.6 Å². The Balaban J connectivity index is 0.845. The number of aromatic nitrogens is 3. The quantitative estimate of drug-likeness (QED) is 0.150. The lowest BCUT2D eigenvalue weighted by molar-refractivity contribution is 1.08. The van der Waals surface area contributed by atoms with Crippen molar-refractivity contribution in [3.05, 3.63) is 236 Å². The third-order valence-corrected chi connectivity index (χ3v) is 13.5. The third-order valence-electron chi connectivity index (χ3n) is 13.5. The summed E-state index contributed by atoms with van der Waals surface area (Å²) in [6, 6.07) is 83.5. The first-order valence-corrected chi connectivity index (χ1v) is 22.9. The average molecular weight is 863 g/mol. The van der Waals surface area contributed by atoms with E-state index in [0.717, 1.165) is 61.0 Å². The molecule has 0 radical (unpaired) electrons. The maximum absolute atomic E-state index is 10.0. The lowest BCUT2D eigenvalue weighted by Crippen LogP contribution is -2.00. The first-order valence-electron chi connectivity index (χ1n) is 22.9. The van der Waals surface area contributed by atoms with Crippen molar-refractivity contribution in [1.29, 1.82) is 5.26 Å². The highest BCUT2D eigenvalue weighted by molar-refractivity contribution is 6.18. The van der Waals surface area contributed by atoms with E-state index in [-0.39, 0.29) is 0 Å². The Morgan fingerprint density at radius 2 is 0.794 bits per heavy atom. The van der Waals surface area contributed by atoms with Crippen molar-refractivity contribution in [2.75, 3.05) is 0 Å². The molecule has 0 bridgehead atoms. The standard InChI is InChI=1S/C64H38N4/c65-39-40-23-33-51(60(37-40)44-28-26-43(27-29-44)50-19-9-20-52-49-16-5-4-11-42(49)32-34-55(50)52)48-15-8-14-47(38-48)41-24-30-46(31-25-41)63-66-62(45-12-2-1-3-13-45)67-64(68-63)59-36-35-58-54-18-7-6-17-53(54)56-21-10-22-57(59)61(56)58/h1-38H. The fourth-order valence-corrected chi connectivity index (χ4v) is 10.2. The van der Waals surface area contributed by atoms with Gasteiger partial charge in [-0.3, -0.25) is 0 Å². The summed E-state index contributed by atoms with van der Waals surface area (Å²) in [6.45, 7) is 0. The van der Waals surface area contributed by atoms with Crippen LogP contribution < -0.4 is 0 Å². The molecule has 314 valence electrons. The molecule has 0 spiro atoms. The van der Waals surface area contributed by atoms with Gasteiger partial charge in [-0.1, -0.05) is 206 Å². The van der Waals surface area contributed by atoms with E-state index in [9.17, 15) is 5.26 Å². The molecule has 13 rings (SSSR count).